The van der Waals surface area contributed by atoms with E-state index in [2.05, 4.69) is 35.4 Å². The van der Waals surface area contributed by atoms with Gasteiger partial charge in [0.15, 0.2) is 5.13 Å². The number of fused-ring (bicyclic) bond motifs is 1. The van der Waals surface area contributed by atoms with Crippen LogP contribution in [-0.2, 0) is 4.79 Å². The summed E-state index contributed by atoms with van der Waals surface area (Å²) < 4.78 is 1.14. The molecule has 4 nitrogen and oxygen atoms in total. The summed E-state index contributed by atoms with van der Waals surface area (Å²) in [7, 11) is 0. The summed E-state index contributed by atoms with van der Waals surface area (Å²) in [5, 5.41) is 4.02. The Kier molecular flexibility index (Phi) is 4.60. The summed E-state index contributed by atoms with van der Waals surface area (Å²) >= 11 is 1.59. The molecule has 0 aliphatic rings. The van der Waals surface area contributed by atoms with Crippen molar-refractivity contribution < 1.29 is 4.79 Å². The first kappa shape index (κ1) is 14.8. The van der Waals surface area contributed by atoms with Gasteiger partial charge in [0.2, 0.25) is 5.91 Å². The van der Waals surface area contributed by atoms with E-state index in [9.17, 15) is 4.79 Å². The van der Waals surface area contributed by atoms with Crippen LogP contribution in [0, 0.1) is 6.92 Å². The van der Waals surface area contributed by atoms with Crippen LogP contribution in [0.3, 0.4) is 0 Å². The number of benzene rings is 1. The van der Waals surface area contributed by atoms with Crippen molar-refractivity contribution >= 4 is 32.6 Å². The zero-order valence-corrected chi connectivity index (χ0v) is 13.3. The van der Waals surface area contributed by atoms with E-state index >= 15 is 0 Å². The van der Waals surface area contributed by atoms with Crippen molar-refractivity contribution in [3.05, 3.63) is 23.8 Å². The van der Waals surface area contributed by atoms with Gasteiger partial charge >= 0.3 is 0 Å². The van der Waals surface area contributed by atoms with Crippen molar-refractivity contribution in [3.8, 4) is 0 Å². The highest BCUT2D eigenvalue weighted by Gasteiger charge is 2.19. The number of thiazole rings is 1. The Morgan fingerprint density at radius 1 is 1.40 bits per heavy atom. The second-order valence-electron chi connectivity index (χ2n) is 4.87. The van der Waals surface area contributed by atoms with Gasteiger partial charge in [-0.1, -0.05) is 17.4 Å². The molecule has 1 heterocycles. The fourth-order valence-electron chi connectivity index (χ4n) is 2.16. The standard InChI is InChI=1S/C15H21N3OS/c1-5-18(6-2)14(19)11(4)16-15-17-12-9-10(3)7-8-13(12)20-15/h7-9,11H,5-6H2,1-4H3,(H,16,17). The fourth-order valence-corrected chi connectivity index (χ4v) is 3.09. The Bertz CT molecular complexity index is 604. The molecular formula is C15H21N3OS. The van der Waals surface area contributed by atoms with Gasteiger partial charge in [-0.2, -0.15) is 0 Å². The smallest absolute Gasteiger partial charge is 0.244 e. The molecule has 0 saturated heterocycles. The number of likely N-dealkylation sites (N-methyl/N-ethyl adjacent to an activating group) is 1. The number of amides is 1. The number of anilines is 1. The van der Waals surface area contributed by atoms with Crippen LogP contribution in [-0.4, -0.2) is 34.9 Å². The number of hydrogen-bond donors (Lipinski definition) is 1. The first-order valence-corrected chi connectivity index (χ1v) is 7.79. The van der Waals surface area contributed by atoms with Crippen LogP contribution in [0.15, 0.2) is 18.2 Å². The van der Waals surface area contributed by atoms with E-state index in [1.165, 1.54) is 5.56 Å². The van der Waals surface area contributed by atoms with Crippen molar-refractivity contribution in [3.63, 3.8) is 0 Å². The largest absolute Gasteiger partial charge is 0.350 e. The van der Waals surface area contributed by atoms with Crippen molar-refractivity contribution in [2.75, 3.05) is 18.4 Å². The van der Waals surface area contributed by atoms with Gasteiger partial charge in [-0.25, -0.2) is 4.98 Å². The van der Waals surface area contributed by atoms with Crippen LogP contribution in [0.5, 0.6) is 0 Å². The molecule has 20 heavy (non-hydrogen) atoms. The molecule has 1 amide bonds. The molecule has 0 bridgehead atoms. The maximum absolute atomic E-state index is 12.2. The number of aromatic nitrogens is 1. The van der Waals surface area contributed by atoms with E-state index in [1.54, 1.807) is 11.3 Å². The first-order valence-electron chi connectivity index (χ1n) is 6.97. The molecular weight excluding hydrogens is 270 g/mol. The van der Waals surface area contributed by atoms with Crippen LogP contribution in [0.4, 0.5) is 5.13 Å². The predicted octanol–water partition coefficient (Wildman–Crippen LogP) is 3.27. The number of carbonyl (C=O) groups is 1. The highest BCUT2D eigenvalue weighted by Crippen LogP contribution is 2.27. The lowest BCUT2D eigenvalue weighted by Gasteiger charge is -2.23. The van der Waals surface area contributed by atoms with Crippen molar-refractivity contribution in [1.82, 2.24) is 9.88 Å². The van der Waals surface area contributed by atoms with Gasteiger partial charge in [-0.15, -0.1) is 0 Å². The number of carbonyl (C=O) groups excluding carboxylic acids is 1. The van der Waals surface area contributed by atoms with Gasteiger partial charge in [-0.3, -0.25) is 4.79 Å². The van der Waals surface area contributed by atoms with E-state index in [0.29, 0.717) is 0 Å². The third-order valence-corrected chi connectivity index (χ3v) is 4.30. The monoisotopic (exact) mass is 291 g/mol. The van der Waals surface area contributed by atoms with Crippen LogP contribution in [0.25, 0.3) is 10.2 Å². The molecule has 2 aromatic rings. The summed E-state index contributed by atoms with van der Waals surface area (Å²) in [6.45, 7) is 9.40. The van der Waals surface area contributed by atoms with Gasteiger partial charge < -0.3 is 10.2 Å². The maximum atomic E-state index is 12.2. The maximum Gasteiger partial charge on any atom is 0.244 e. The normalized spacial score (nSPS) is 12.4. The van der Waals surface area contributed by atoms with E-state index < -0.39 is 0 Å². The average molecular weight is 291 g/mol. The second kappa shape index (κ2) is 6.22. The minimum atomic E-state index is -0.253. The van der Waals surface area contributed by atoms with E-state index in [-0.39, 0.29) is 11.9 Å². The predicted molar refractivity (Wildman–Crippen MR) is 85.4 cm³/mol. The van der Waals surface area contributed by atoms with Crippen LogP contribution in [0.1, 0.15) is 26.3 Å². The average Bonchev–Trinajstić information content (AvgIpc) is 2.81. The van der Waals surface area contributed by atoms with E-state index in [0.717, 1.165) is 28.4 Å². The first-order chi connectivity index (χ1) is 9.55. The minimum absolute atomic E-state index is 0.116. The van der Waals surface area contributed by atoms with Crippen LogP contribution < -0.4 is 5.32 Å². The number of hydrogen-bond acceptors (Lipinski definition) is 4. The lowest BCUT2D eigenvalue weighted by atomic mass is 10.2. The SMILES string of the molecule is CCN(CC)C(=O)C(C)Nc1nc2cc(C)ccc2s1. The molecule has 108 valence electrons. The minimum Gasteiger partial charge on any atom is -0.350 e. The third kappa shape index (κ3) is 3.10. The van der Waals surface area contributed by atoms with Gasteiger partial charge in [0.25, 0.3) is 0 Å². The molecule has 2 rings (SSSR count). The van der Waals surface area contributed by atoms with Crippen LogP contribution in [0.2, 0.25) is 0 Å². The highest BCUT2D eigenvalue weighted by atomic mass is 32.1. The number of rotatable bonds is 5. The van der Waals surface area contributed by atoms with Gasteiger partial charge in [-0.05, 0) is 45.4 Å². The zero-order valence-electron chi connectivity index (χ0n) is 12.4. The molecule has 0 saturated carbocycles. The van der Waals surface area contributed by atoms with Crippen molar-refractivity contribution in [1.29, 1.82) is 0 Å². The van der Waals surface area contributed by atoms with E-state index in [1.807, 2.05) is 25.7 Å². The number of nitrogens with zero attached hydrogens (tertiary/aromatic N) is 2. The van der Waals surface area contributed by atoms with Gasteiger partial charge in [0.1, 0.15) is 6.04 Å². The summed E-state index contributed by atoms with van der Waals surface area (Å²) in [4.78, 5) is 18.6. The molecule has 0 aliphatic heterocycles. The summed E-state index contributed by atoms with van der Waals surface area (Å²) in [5.41, 5.74) is 2.18. The molecule has 1 unspecified atom stereocenters. The van der Waals surface area contributed by atoms with Crippen molar-refractivity contribution in [2.45, 2.75) is 33.7 Å². The lowest BCUT2D eigenvalue weighted by Crippen LogP contribution is -2.41. The molecule has 1 N–H and O–H groups in total. The molecule has 1 atom stereocenters. The summed E-state index contributed by atoms with van der Waals surface area (Å²) in [5.74, 6) is 0.116. The zero-order chi connectivity index (χ0) is 14.7. The molecule has 0 fully saturated rings. The molecule has 5 heteroatoms. The van der Waals surface area contributed by atoms with Gasteiger partial charge in [0.05, 0.1) is 10.2 Å². The van der Waals surface area contributed by atoms with E-state index in [4.69, 9.17) is 0 Å². The molecule has 1 aromatic carbocycles. The quantitative estimate of drug-likeness (QED) is 0.919. The molecule has 1 aromatic heterocycles. The Balaban J connectivity index is 2.13. The topological polar surface area (TPSA) is 45.2 Å². The number of aryl methyl sites for hydroxylation is 1. The lowest BCUT2D eigenvalue weighted by molar-refractivity contribution is -0.131. The second-order valence-corrected chi connectivity index (χ2v) is 5.90. The Morgan fingerprint density at radius 2 is 2.10 bits per heavy atom. The molecule has 0 spiro atoms. The Hall–Kier alpha value is -1.62. The Morgan fingerprint density at radius 3 is 2.75 bits per heavy atom. The molecule has 0 aliphatic carbocycles. The van der Waals surface area contributed by atoms with Gasteiger partial charge in [0, 0.05) is 13.1 Å². The summed E-state index contributed by atoms with van der Waals surface area (Å²) in [6.07, 6.45) is 0. The molecule has 0 radical (unpaired) electrons. The number of nitrogens with one attached hydrogen (secondary N) is 1. The fraction of sp³-hybridized carbons (Fsp3) is 0.467. The van der Waals surface area contributed by atoms with Crippen molar-refractivity contribution in [2.24, 2.45) is 0 Å². The van der Waals surface area contributed by atoms with Crippen LogP contribution >= 0.6 is 11.3 Å². The Labute approximate surface area is 123 Å². The highest BCUT2D eigenvalue weighted by molar-refractivity contribution is 7.22. The third-order valence-electron chi connectivity index (χ3n) is 3.33. The summed E-state index contributed by atoms with van der Waals surface area (Å²) in [6, 6.07) is 5.96.